The Morgan fingerprint density at radius 3 is 2.52 bits per heavy atom. The van der Waals surface area contributed by atoms with Crippen molar-refractivity contribution in [2.45, 2.75) is 13.5 Å². The maximum atomic E-state index is 13.1. The second kappa shape index (κ2) is 11.0. The Hall–Kier alpha value is -1.64. The Labute approximate surface area is 154 Å². The predicted molar refractivity (Wildman–Crippen MR) is 102 cm³/mol. The maximum absolute atomic E-state index is 13.1. The van der Waals surface area contributed by atoms with E-state index in [4.69, 9.17) is 0 Å². The minimum absolute atomic E-state index is 0. The first-order valence-electron chi connectivity index (χ1n) is 6.99. The number of hydrogen-bond acceptors (Lipinski definition) is 2. The summed E-state index contributed by atoms with van der Waals surface area (Å²) in [5.41, 5.74) is 1.70. The van der Waals surface area contributed by atoms with Crippen molar-refractivity contribution in [3.8, 4) is 0 Å². The number of likely N-dealkylation sites (N-methyl/N-ethyl adjacent to an activating group) is 1. The number of rotatable bonds is 6. The molecule has 7 heteroatoms. The van der Waals surface area contributed by atoms with Gasteiger partial charge in [0.2, 0.25) is 5.91 Å². The fourth-order valence-electron chi connectivity index (χ4n) is 1.53. The van der Waals surface area contributed by atoms with E-state index in [1.807, 2.05) is 6.92 Å². The first-order chi connectivity index (χ1) is 10.4. The monoisotopic (exact) mass is 434 g/mol. The van der Waals surface area contributed by atoms with Crippen LogP contribution >= 0.6 is 24.0 Å². The van der Waals surface area contributed by atoms with E-state index >= 15 is 0 Å². The van der Waals surface area contributed by atoms with E-state index in [0.29, 0.717) is 19.0 Å². The minimum atomic E-state index is -0.292. The molecule has 2 N–H and O–H groups in total. The molecule has 1 aromatic carbocycles. The van der Waals surface area contributed by atoms with Crippen LogP contribution in [0.15, 0.2) is 41.4 Å². The third-order valence-electron chi connectivity index (χ3n) is 2.77. The molecule has 0 saturated carbocycles. The molecule has 0 saturated heterocycles. The molecule has 5 nitrogen and oxygen atoms in total. The minimum Gasteiger partial charge on any atom is -0.353 e. The molecule has 1 rings (SSSR count). The summed E-state index contributed by atoms with van der Waals surface area (Å²) in [5, 5.41) is 6.03. The van der Waals surface area contributed by atoms with E-state index in [9.17, 15) is 9.18 Å². The van der Waals surface area contributed by atoms with Crippen molar-refractivity contribution in [3.05, 3.63) is 47.8 Å². The van der Waals surface area contributed by atoms with Crippen molar-refractivity contribution in [1.29, 1.82) is 0 Å². The van der Waals surface area contributed by atoms with Crippen LogP contribution in [0.2, 0.25) is 0 Å². The van der Waals surface area contributed by atoms with Gasteiger partial charge in [-0.15, -0.1) is 24.0 Å². The van der Waals surface area contributed by atoms with E-state index in [2.05, 4.69) is 22.2 Å². The van der Waals surface area contributed by atoms with Crippen molar-refractivity contribution in [1.82, 2.24) is 15.5 Å². The van der Waals surface area contributed by atoms with Gasteiger partial charge in [0.1, 0.15) is 5.82 Å². The molecule has 0 spiro atoms. The molecule has 128 valence electrons. The summed E-state index contributed by atoms with van der Waals surface area (Å²) in [6.07, 6.45) is 0. The lowest BCUT2D eigenvalue weighted by Crippen LogP contribution is -2.43. The summed E-state index contributed by atoms with van der Waals surface area (Å²) in [6, 6.07) is 6.27. The van der Waals surface area contributed by atoms with E-state index in [0.717, 1.165) is 11.1 Å². The standard InChI is InChI=1S/C16H23FN4O.HI/c1-12(2)9-18-16(20-11-15(22)21(3)4)19-10-13-6-5-7-14(17)8-13;/h5-8H,1,9-11H2,2-4H3,(H2,18,19,20);1H. The van der Waals surface area contributed by atoms with Crippen molar-refractivity contribution in [3.63, 3.8) is 0 Å². The number of halogens is 2. The van der Waals surface area contributed by atoms with Crippen molar-refractivity contribution in [2.24, 2.45) is 4.99 Å². The molecule has 0 unspecified atom stereocenters. The Bertz CT molecular complexity index is 561. The maximum Gasteiger partial charge on any atom is 0.241 e. The van der Waals surface area contributed by atoms with E-state index in [1.165, 1.54) is 17.0 Å². The van der Waals surface area contributed by atoms with Crippen molar-refractivity contribution >= 4 is 35.8 Å². The van der Waals surface area contributed by atoms with Gasteiger partial charge in [-0.25, -0.2) is 9.38 Å². The van der Waals surface area contributed by atoms with Gasteiger partial charge in [-0.05, 0) is 24.6 Å². The molecule has 0 aliphatic heterocycles. The number of benzene rings is 1. The molecule has 23 heavy (non-hydrogen) atoms. The first kappa shape index (κ1) is 21.4. The van der Waals surface area contributed by atoms with Crippen LogP contribution in [0, 0.1) is 5.82 Å². The third-order valence-corrected chi connectivity index (χ3v) is 2.77. The van der Waals surface area contributed by atoms with Gasteiger partial charge in [-0.1, -0.05) is 24.3 Å². The summed E-state index contributed by atoms with van der Waals surface area (Å²) in [4.78, 5) is 17.5. The lowest BCUT2D eigenvalue weighted by molar-refractivity contribution is -0.127. The SMILES string of the molecule is C=C(C)CNC(=NCc1cccc(F)c1)NCC(=O)N(C)C.I. The summed E-state index contributed by atoms with van der Waals surface area (Å²) in [7, 11) is 3.38. The zero-order valence-corrected chi connectivity index (χ0v) is 16.1. The lowest BCUT2D eigenvalue weighted by Gasteiger charge is -2.15. The second-order valence-corrected chi connectivity index (χ2v) is 5.25. The Morgan fingerprint density at radius 1 is 1.30 bits per heavy atom. The fraction of sp³-hybridized carbons (Fsp3) is 0.375. The largest absolute Gasteiger partial charge is 0.353 e. The molecule has 0 aliphatic carbocycles. The molecular formula is C16H24FIN4O. The zero-order chi connectivity index (χ0) is 16.5. The average molecular weight is 434 g/mol. The molecule has 0 heterocycles. The molecule has 0 aromatic heterocycles. The molecule has 0 bridgehead atoms. The van der Waals surface area contributed by atoms with Crippen LogP contribution < -0.4 is 10.6 Å². The van der Waals surface area contributed by atoms with E-state index < -0.39 is 0 Å². The van der Waals surface area contributed by atoms with Gasteiger partial charge in [0.05, 0.1) is 13.1 Å². The summed E-state index contributed by atoms with van der Waals surface area (Å²) < 4.78 is 13.1. The molecule has 0 aliphatic rings. The van der Waals surface area contributed by atoms with Crippen molar-refractivity contribution in [2.75, 3.05) is 27.2 Å². The zero-order valence-electron chi connectivity index (χ0n) is 13.7. The normalized spacial score (nSPS) is 10.5. The molecule has 0 radical (unpaired) electrons. The van der Waals surface area contributed by atoms with Gasteiger partial charge < -0.3 is 15.5 Å². The van der Waals surface area contributed by atoms with Gasteiger partial charge in [0.15, 0.2) is 5.96 Å². The average Bonchev–Trinajstić information content (AvgIpc) is 2.45. The highest BCUT2D eigenvalue weighted by Gasteiger charge is 2.05. The summed E-state index contributed by atoms with van der Waals surface area (Å²) >= 11 is 0. The van der Waals surface area contributed by atoms with Crippen molar-refractivity contribution < 1.29 is 9.18 Å². The molecule has 0 fully saturated rings. The van der Waals surface area contributed by atoms with Crippen LogP contribution in [0.1, 0.15) is 12.5 Å². The Kier molecular flexibility index (Phi) is 10.2. The summed E-state index contributed by atoms with van der Waals surface area (Å²) in [5.74, 6) is 0.137. The summed E-state index contributed by atoms with van der Waals surface area (Å²) in [6.45, 7) is 6.70. The van der Waals surface area contributed by atoms with E-state index in [1.54, 1.807) is 26.2 Å². The van der Waals surface area contributed by atoms with Gasteiger partial charge in [0.25, 0.3) is 0 Å². The lowest BCUT2D eigenvalue weighted by atomic mass is 10.2. The van der Waals surface area contributed by atoms with Crippen LogP contribution in [0.5, 0.6) is 0 Å². The van der Waals surface area contributed by atoms with Crippen LogP contribution in [-0.4, -0.2) is 44.0 Å². The smallest absolute Gasteiger partial charge is 0.241 e. The van der Waals surface area contributed by atoms with Crippen LogP contribution in [0.3, 0.4) is 0 Å². The Balaban J connectivity index is 0.00000484. The molecular weight excluding hydrogens is 410 g/mol. The molecule has 1 amide bonds. The van der Waals surface area contributed by atoms with Gasteiger partial charge >= 0.3 is 0 Å². The second-order valence-electron chi connectivity index (χ2n) is 5.25. The predicted octanol–water partition coefficient (Wildman–Crippen LogP) is 2.14. The number of amides is 1. The molecule has 1 aromatic rings. The fourth-order valence-corrected chi connectivity index (χ4v) is 1.53. The van der Waals surface area contributed by atoms with Crippen LogP contribution in [0.25, 0.3) is 0 Å². The van der Waals surface area contributed by atoms with E-state index in [-0.39, 0.29) is 42.2 Å². The Morgan fingerprint density at radius 2 is 1.96 bits per heavy atom. The van der Waals surface area contributed by atoms with Gasteiger partial charge in [0, 0.05) is 20.6 Å². The van der Waals surface area contributed by atoms with Crippen LogP contribution in [0.4, 0.5) is 4.39 Å². The third kappa shape index (κ3) is 9.17. The number of guanidine groups is 1. The number of aliphatic imine (C=N–C) groups is 1. The number of carbonyl (C=O) groups is 1. The highest BCUT2D eigenvalue weighted by Crippen LogP contribution is 2.04. The number of nitrogens with one attached hydrogen (secondary N) is 2. The first-order valence-corrected chi connectivity index (χ1v) is 6.99. The quantitative estimate of drug-likeness (QED) is 0.312. The van der Waals surface area contributed by atoms with Crippen LogP contribution in [-0.2, 0) is 11.3 Å². The molecule has 0 atom stereocenters. The number of nitrogens with zero attached hydrogens (tertiary/aromatic N) is 2. The topological polar surface area (TPSA) is 56.7 Å². The van der Waals surface area contributed by atoms with Gasteiger partial charge in [-0.3, -0.25) is 4.79 Å². The number of carbonyl (C=O) groups excluding carboxylic acids is 1. The number of hydrogen-bond donors (Lipinski definition) is 2. The highest BCUT2D eigenvalue weighted by atomic mass is 127. The highest BCUT2D eigenvalue weighted by molar-refractivity contribution is 14.0. The van der Waals surface area contributed by atoms with Gasteiger partial charge in [-0.2, -0.15) is 0 Å².